The van der Waals surface area contributed by atoms with Gasteiger partial charge < -0.3 is 25.7 Å². The minimum atomic E-state index is -0.434. The van der Waals surface area contributed by atoms with E-state index in [0.717, 1.165) is 66.1 Å². The van der Waals surface area contributed by atoms with Gasteiger partial charge in [0, 0.05) is 54.9 Å². The van der Waals surface area contributed by atoms with Crippen molar-refractivity contribution in [2.75, 3.05) is 44.0 Å². The molecule has 5 rings (SSSR count). The number of rotatable bonds is 6. The molecule has 0 saturated carbocycles. The van der Waals surface area contributed by atoms with Gasteiger partial charge in [0.1, 0.15) is 5.69 Å². The summed E-state index contributed by atoms with van der Waals surface area (Å²) in [7, 11) is 1.56. The molecule has 2 aromatic heterocycles. The summed E-state index contributed by atoms with van der Waals surface area (Å²) in [4.78, 5) is 35.8. The third-order valence-corrected chi connectivity index (χ3v) is 7.13. The number of urea groups is 1. The normalized spacial score (nSPS) is 14.2. The molecule has 3 amide bonds. The molecule has 1 saturated heterocycles. The highest BCUT2D eigenvalue weighted by Gasteiger charge is 2.23. The van der Waals surface area contributed by atoms with Crippen molar-refractivity contribution in [1.29, 1.82) is 0 Å². The fraction of sp³-hybridized carbons (Fsp3) is 0.323. The van der Waals surface area contributed by atoms with E-state index in [1.165, 1.54) is 0 Å². The monoisotopic (exact) mass is 540 g/mol. The van der Waals surface area contributed by atoms with E-state index in [1.807, 2.05) is 63.4 Å². The number of amides is 3. The molecule has 1 aliphatic heterocycles. The smallest absolute Gasteiger partial charge is 0.323 e. The number of benzene rings is 2. The van der Waals surface area contributed by atoms with Crippen LogP contribution in [0.5, 0.6) is 0 Å². The second-order valence-corrected chi connectivity index (χ2v) is 11.0. The number of morpholine rings is 1. The maximum Gasteiger partial charge on any atom is 0.323 e. The molecule has 0 bridgehead atoms. The van der Waals surface area contributed by atoms with E-state index >= 15 is 0 Å². The summed E-state index contributed by atoms with van der Waals surface area (Å²) >= 11 is 0. The van der Waals surface area contributed by atoms with Gasteiger partial charge in [-0.2, -0.15) is 0 Å². The van der Waals surface area contributed by atoms with E-state index in [0.29, 0.717) is 17.1 Å². The fourth-order valence-corrected chi connectivity index (χ4v) is 4.86. The number of fused-ring (bicyclic) bond motifs is 1. The number of carbonyl (C=O) groups excluding carboxylic acids is 2. The van der Waals surface area contributed by atoms with Gasteiger partial charge in [0.2, 0.25) is 0 Å². The van der Waals surface area contributed by atoms with Crippen molar-refractivity contribution in [2.24, 2.45) is 0 Å². The van der Waals surface area contributed by atoms with Gasteiger partial charge >= 0.3 is 6.03 Å². The van der Waals surface area contributed by atoms with E-state index in [4.69, 9.17) is 9.72 Å². The van der Waals surface area contributed by atoms with Crippen LogP contribution in [0.25, 0.3) is 21.9 Å². The zero-order chi connectivity index (χ0) is 28.3. The molecule has 208 valence electrons. The quantitative estimate of drug-likeness (QED) is 0.263. The zero-order valence-corrected chi connectivity index (χ0v) is 23.4. The van der Waals surface area contributed by atoms with Gasteiger partial charge in [0.25, 0.3) is 5.91 Å². The highest BCUT2D eigenvalue weighted by atomic mass is 16.5. The molecule has 3 heterocycles. The number of aromatic nitrogens is 2. The summed E-state index contributed by atoms with van der Waals surface area (Å²) < 4.78 is 5.44. The van der Waals surface area contributed by atoms with Crippen molar-refractivity contribution >= 4 is 34.1 Å². The van der Waals surface area contributed by atoms with Gasteiger partial charge in [0.05, 0.1) is 30.3 Å². The highest BCUT2D eigenvalue weighted by Crippen LogP contribution is 2.33. The van der Waals surface area contributed by atoms with Crippen LogP contribution < -0.4 is 16.0 Å². The zero-order valence-electron chi connectivity index (χ0n) is 23.4. The number of hydrogen-bond donors (Lipinski definition) is 4. The summed E-state index contributed by atoms with van der Waals surface area (Å²) in [6, 6.07) is 17.4. The molecule has 1 aliphatic rings. The first-order valence-electron chi connectivity index (χ1n) is 13.5. The van der Waals surface area contributed by atoms with Crippen LogP contribution in [-0.2, 0) is 16.7 Å². The number of anilines is 2. The first kappa shape index (κ1) is 27.4. The van der Waals surface area contributed by atoms with E-state index in [9.17, 15) is 9.59 Å². The Morgan fingerprint density at radius 1 is 0.975 bits per heavy atom. The molecule has 4 aromatic rings. The maximum atomic E-state index is 13.1. The van der Waals surface area contributed by atoms with Crippen LogP contribution in [0, 0.1) is 0 Å². The third kappa shape index (κ3) is 6.00. The van der Waals surface area contributed by atoms with Crippen LogP contribution >= 0.6 is 0 Å². The molecule has 9 heteroatoms. The van der Waals surface area contributed by atoms with Crippen molar-refractivity contribution in [1.82, 2.24) is 20.2 Å². The number of ether oxygens (including phenoxy) is 1. The SMILES string of the molecule is CNC(=O)c1[nH]c(C(C)(C)C)cc1NC(=O)Nc1ccc(-c2ccc(CN3CCOCC3)nc2)c2ccccc12. The average Bonchev–Trinajstić information content (AvgIpc) is 3.38. The fourth-order valence-electron chi connectivity index (χ4n) is 4.86. The number of nitrogens with one attached hydrogen (secondary N) is 4. The van der Waals surface area contributed by atoms with Gasteiger partial charge in [-0.3, -0.25) is 14.7 Å². The van der Waals surface area contributed by atoms with Gasteiger partial charge in [-0.25, -0.2) is 4.79 Å². The summed E-state index contributed by atoms with van der Waals surface area (Å²) in [5.74, 6) is -0.301. The van der Waals surface area contributed by atoms with E-state index in [-0.39, 0.29) is 11.3 Å². The number of pyridine rings is 1. The van der Waals surface area contributed by atoms with Crippen molar-refractivity contribution in [3.63, 3.8) is 0 Å². The molecule has 0 unspecified atom stereocenters. The second kappa shape index (κ2) is 11.5. The summed E-state index contributed by atoms with van der Waals surface area (Å²) in [5.41, 5.74) is 5.10. The average molecular weight is 541 g/mol. The second-order valence-electron chi connectivity index (χ2n) is 11.0. The van der Waals surface area contributed by atoms with E-state index in [1.54, 1.807) is 13.1 Å². The summed E-state index contributed by atoms with van der Waals surface area (Å²) in [6.45, 7) is 10.3. The van der Waals surface area contributed by atoms with Gasteiger partial charge in [-0.1, -0.05) is 57.2 Å². The molecule has 2 aromatic carbocycles. The van der Waals surface area contributed by atoms with Crippen molar-refractivity contribution in [2.45, 2.75) is 32.7 Å². The lowest BCUT2D eigenvalue weighted by atomic mass is 9.92. The lowest BCUT2D eigenvalue weighted by Gasteiger charge is -2.26. The van der Waals surface area contributed by atoms with Gasteiger partial charge in [0.15, 0.2) is 0 Å². The summed E-state index contributed by atoms with van der Waals surface area (Å²) in [6.07, 6.45) is 1.91. The Balaban J connectivity index is 1.37. The number of nitrogens with zero attached hydrogens (tertiary/aromatic N) is 2. The predicted octanol–water partition coefficient (Wildman–Crippen LogP) is 5.36. The van der Waals surface area contributed by atoms with Crippen molar-refractivity contribution in [3.05, 3.63) is 77.9 Å². The number of hydrogen-bond acceptors (Lipinski definition) is 5. The van der Waals surface area contributed by atoms with Gasteiger partial charge in [-0.05, 0) is 29.1 Å². The first-order valence-corrected chi connectivity index (χ1v) is 13.5. The van der Waals surface area contributed by atoms with Crippen molar-refractivity contribution in [3.8, 4) is 11.1 Å². The van der Waals surface area contributed by atoms with Crippen LogP contribution in [0.15, 0.2) is 60.8 Å². The Hall–Kier alpha value is -4.21. The largest absolute Gasteiger partial charge is 0.379 e. The van der Waals surface area contributed by atoms with Crippen LogP contribution in [-0.4, -0.2) is 60.2 Å². The number of aromatic amines is 1. The molecule has 0 aliphatic carbocycles. The van der Waals surface area contributed by atoms with Crippen molar-refractivity contribution < 1.29 is 14.3 Å². The molecule has 0 radical (unpaired) electrons. The third-order valence-electron chi connectivity index (χ3n) is 7.13. The Kier molecular flexibility index (Phi) is 7.86. The number of H-pyrrole nitrogens is 1. The molecule has 4 N–H and O–H groups in total. The molecule has 1 fully saturated rings. The Bertz CT molecular complexity index is 1510. The van der Waals surface area contributed by atoms with E-state index in [2.05, 4.69) is 38.0 Å². The number of carbonyl (C=O) groups is 2. The topological polar surface area (TPSA) is 111 Å². The lowest BCUT2D eigenvalue weighted by Crippen LogP contribution is -2.35. The lowest BCUT2D eigenvalue weighted by molar-refractivity contribution is 0.0336. The summed E-state index contributed by atoms with van der Waals surface area (Å²) in [5, 5.41) is 10.4. The molecule has 0 atom stereocenters. The van der Waals surface area contributed by atoms with Crippen LogP contribution in [0.3, 0.4) is 0 Å². The van der Waals surface area contributed by atoms with Gasteiger partial charge in [-0.15, -0.1) is 0 Å². The standard InChI is InChI=1S/C31H36N6O3/c1-31(2,3)27-17-26(28(36-27)29(38)32-4)35-30(39)34-25-12-11-22(23-7-5-6-8-24(23)25)20-9-10-21(33-18-20)19-37-13-15-40-16-14-37/h5-12,17-18,36H,13-16,19H2,1-4H3,(H,32,38)(H2,34,35,39). The molecular formula is C31H36N6O3. The first-order chi connectivity index (χ1) is 19.2. The highest BCUT2D eigenvalue weighted by molar-refractivity contribution is 6.11. The minimum Gasteiger partial charge on any atom is -0.379 e. The van der Waals surface area contributed by atoms with Crippen LogP contribution in [0.4, 0.5) is 16.2 Å². The predicted molar refractivity (Wildman–Crippen MR) is 159 cm³/mol. The minimum absolute atomic E-state index is 0.221. The maximum absolute atomic E-state index is 13.1. The van der Waals surface area contributed by atoms with Crippen LogP contribution in [0.1, 0.15) is 42.6 Å². The Morgan fingerprint density at radius 2 is 1.70 bits per heavy atom. The molecule has 9 nitrogen and oxygen atoms in total. The van der Waals surface area contributed by atoms with Crippen LogP contribution in [0.2, 0.25) is 0 Å². The molecular weight excluding hydrogens is 504 g/mol. The Labute approximate surface area is 234 Å². The Morgan fingerprint density at radius 3 is 2.38 bits per heavy atom. The van der Waals surface area contributed by atoms with E-state index < -0.39 is 6.03 Å². The molecule has 0 spiro atoms. The molecule has 40 heavy (non-hydrogen) atoms.